The number of hydrogen-bond donors (Lipinski definition) is 3. The largest absolute Gasteiger partial charge is 0.481 e. The molecule has 1 aliphatic carbocycles. The molecule has 0 radical (unpaired) electrons. The maximum atomic E-state index is 11.8. The first-order valence-corrected chi connectivity index (χ1v) is 7.84. The van der Waals surface area contributed by atoms with E-state index < -0.39 is 11.9 Å². The minimum atomic E-state index is -0.811. The van der Waals surface area contributed by atoms with Gasteiger partial charge in [-0.05, 0) is 30.7 Å². The summed E-state index contributed by atoms with van der Waals surface area (Å²) in [5.74, 6) is -1.26. The maximum Gasteiger partial charge on any atom is 0.315 e. The molecule has 2 unspecified atom stereocenters. The van der Waals surface area contributed by atoms with Gasteiger partial charge >= 0.3 is 12.0 Å². The zero-order valence-corrected chi connectivity index (χ0v) is 12.1. The Kier molecular flexibility index (Phi) is 5.40. The van der Waals surface area contributed by atoms with Gasteiger partial charge in [-0.25, -0.2) is 4.79 Å². The molecule has 1 aromatic heterocycles. The summed E-state index contributed by atoms with van der Waals surface area (Å²) < 4.78 is 0. The van der Waals surface area contributed by atoms with Crippen LogP contribution in [0.5, 0.6) is 0 Å². The molecule has 0 aliphatic heterocycles. The Morgan fingerprint density at radius 2 is 2.15 bits per heavy atom. The molecular formula is C14H20N2O3S. The van der Waals surface area contributed by atoms with Gasteiger partial charge in [-0.1, -0.05) is 18.9 Å². The van der Waals surface area contributed by atoms with Crippen LogP contribution >= 0.6 is 11.3 Å². The van der Waals surface area contributed by atoms with E-state index in [4.69, 9.17) is 5.11 Å². The minimum absolute atomic E-state index is 0.247. The van der Waals surface area contributed by atoms with E-state index in [1.54, 1.807) is 11.3 Å². The van der Waals surface area contributed by atoms with E-state index in [-0.39, 0.29) is 12.1 Å². The topological polar surface area (TPSA) is 78.4 Å². The quantitative estimate of drug-likeness (QED) is 0.779. The van der Waals surface area contributed by atoms with Crippen molar-refractivity contribution >= 4 is 23.3 Å². The molecule has 5 nitrogen and oxygen atoms in total. The van der Waals surface area contributed by atoms with E-state index >= 15 is 0 Å². The smallest absolute Gasteiger partial charge is 0.315 e. The van der Waals surface area contributed by atoms with Crippen LogP contribution in [0.15, 0.2) is 17.5 Å². The maximum absolute atomic E-state index is 11.8. The van der Waals surface area contributed by atoms with E-state index in [2.05, 4.69) is 10.6 Å². The van der Waals surface area contributed by atoms with Crippen LogP contribution in [0.4, 0.5) is 4.79 Å². The molecule has 0 saturated heterocycles. The van der Waals surface area contributed by atoms with E-state index in [9.17, 15) is 9.59 Å². The number of thiophene rings is 1. The van der Waals surface area contributed by atoms with E-state index in [1.165, 1.54) is 4.88 Å². The average Bonchev–Trinajstić information content (AvgIpc) is 2.92. The molecule has 1 aromatic rings. The molecule has 0 aromatic carbocycles. The Balaban J connectivity index is 1.73. The number of amides is 2. The van der Waals surface area contributed by atoms with Crippen LogP contribution in [0.25, 0.3) is 0 Å². The molecule has 6 heteroatoms. The number of carboxylic acid groups (broad SMARTS) is 1. The van der Waals surface area contributed by atoms with Crippen molar-refractivity contribution in [1.29, 1.82) is 0 Å². The van der Waals surface area contributed by atoms with Gasteiger partial charge in [0.1, 0.15) is 0 Å². The lowest BCUT2D eigenvalue weighted by Crippen LogP contribution is -2.49. The molecule has 3 N–H and O–H groups in total. The molecule has 110 valence electrons. The molecule has 2 rings (SSSR count). The second-order valence-electron chi connectivity index (χ2n) is 5.07. The third kappa shape index (κ3) is 4.23. The Bertz CT molecular complexity index is 447. The number of urea groups is 1. The van der Waals surface area contributed by atoms with Crippen LogP contribution in [0.3, 0.4) is 0 Å². The van der Waals surface area contributed by atoms with Gasteiger partial charge in [-0.15, -0.1) is 11.3 Å². The first-order valence-electron chi connectivity index (χ1n) is 6.96. The Labute approximate surface area is 122 Å². The van der Waals surface area contributed by atoms with Crippen molar-refractivity contribution in [2.24, 2.45) is 5.92 Å². The van der Waals surface area contributed by atoms with Crippen LogP contribution < -0.4 is 10.6 Å². The first-order chi connectivity index (χ1) is 9.66. The Morgan fingerprint density at radius 1 is 1.35 bits per heavy atom. The van der Waals surface area contributed by atoms with Crippen molar-refractivity contribution in [3.05, 3.63) is 22.4 Å². The molecule has 1 saturated carbocycles. The van der Waals surface area contributed by atoms with Crippen LogP contribution in [-0.2, 0) is 11.2 Å². The summed E-state index contributed by atoms with van der Waals surface area (Å²) >= 11 is 1.67. The summed E-state index contributed by atoms with van der Waals surface area (Å²) in [5, 5.41) is 16.8. The van der Waals surface area contributed by atoms with Gasteiger partial charge in [0.05, 0.1) is 5.92 Å². The fraction of sp³-hybridized carbons (Fsp3) is 0.571. The van der Waals surface area contributed by atoms with Gasteiger partial charge < -0.3 is 15.7 Å². The predicted molar refractivity (Wildman–Crippen MR) is 77.9 cm³/mol. The third-order valence-corrected chi connectivity index (χ3v) is 4.57. The molecule has 1 fully saturated rings. The van der Waals surface area contributed by atoms with E-state index in [1.807, 2.05) is 17.5 Å². The summed E-state index contributed by atoms with van der Waals surface area (Å²) in [7, 11) is 0. The highest BCUT2D eigenvalue weighted by molar-refractivity contribution is 7.09. The molecule has 0 bridgehead atoms. The number of aliphatic carboxylic acids is 1. The van der Waals surface area contributed by atoms with Gasteiger partial charge in [0.15, 0.2) is 0 Å². The zero-order chi connectivity index (χ0) is 14.4. The van der Waals surface area contributed by atoms with E-state index in [0.717, 1.165) is 25.7 Å². The lowest BCUT2D eigenvalue weighted by molar-refractivity contribution is -0.143. The third-order valence-electron chi connectivity index (χ3n) is 3.64. The SMILES string of the molecule is O=C(NCCc1cccs1)NC1CCCCC1C(=O)O. The highest BCUT2D eigenvalue weighted by atomic mass is 32.1. The Morgan fingerprint density at radius 3 is 2.85 bits per heavy atom. The molecule has 20 heavy (non-hydrogen) atoms. The normalized spacial score (nSPS) is 22.2. The lowest BCUT2D eigenvalue weighted by atomic mass is 9.84. The summed E-state index contributed by atoms with van der Waals surface area (Å²) in [5.41, 5.74) is 0. The van der Waals surface area contributed by atoms with Crippen molar-refractivity contribution < 1.29 is 14.7 Å². The highest BCUT2D eigenvalue weighted by Crippen LogP contribution is 2.24. The van der Waals surface area contributed by atoms with Gasteiger partial charge in [0, 0.05) is 17.5 Å². The molecular weight excluding hydrogens is 276 g/mol. The highest BCUT2D eigenvalue weighted by Gasteiger charge is 2.31. The van der Waals surface area contributed by atoms with Gasteiger partial charge in [0.25, 0.3) is 0 Å². The van der Waals surface area contributed by atoms with Crippen molar-refractivity contribution in [3.63, 3.8) is 0 Å². The summed E-state index contributed by atoms with van der Waals surface area (Å²) in [4.78, 5) is 24.2. The molecule has 0 spiro atoms. The van der Waals surface area contributed by atoms with Crippen molar-refractivity contribution in [2.45, 2.75) is 38.1 Å². The van der Waals surface area contributed by atoms with Crippen LogP contribution in [0.1, 0.15) is 30.6 Å². The minimum Gasteiger partial charge on any atom is -0.481 e. The van der Waals surface area contributed by atoms with E-state index in [0.29, 0.717) is 13.0 Å². The second-order valence-corrected chi connectivity index (χ2v) is 6.10. The summed E-state index contributed by atoms with van der Waals surface area (Å²) in [6.45, 7) is 0.566. The summed E-state index contributed by atoms with van der Waals surface area (Å²) in [6.07, 6.45) is 4.10. The standard InChI is InChI=1S/C14H20N2O3S/c17-13(18)11-5-1-2-6-12(11)16-14(19)15-8-7-10-4-3-9-20-10/h3-4,9,11-12H,1-2,5-8H2,(H,17,18)(H2,15,16,19). The van der Waals surface area contributed by atoms with Crippen molar-refractivity contribution in [2.75, 3.05) is 6.54 Å². The number of nitrogens with one attached hydrogen (secondary N) is 2. The van der Waals surface area contributed by atoms with Gasteiger partial charge in [-0.3, -0.25) is 4.79 Å². The molecule has 2 amide bonds. The number of carboxylic acids is 1. The van der Waals surface area contributed by atoms with Gasteiger partial charge in [0.2, 0.25) is 0 Å². The lowest BCUT2D eigenvalue weighted by Gasteiger charge is -2.29. The first kappa shape index (κ1) is 14.8. The Hall–Kier alpha value is -1.56. The number of rotatable bonds is 5. The van der Waals surface area contributed by atoms with Crippen LogP contribution in [0, 0.1) is 5.92 Å². The fourth-order valence-electron chi connectivity index (χ4n) is 2.57. The molecule has 1 heterocycles. The van der Waals surface area contributed by atoms with Crippen LogP contribution in [0.2, 0.25) is 0 Å². The summed E-state index contributed by atoms with van der Waals surface area (Å²) in [6, 6.07) is 3.51. The average molecular weight is 296 g/mol. The number of hydrogen-bond acceptors (Lipinski definition) is 3. The second kappa shape index (κ2) is 7.28. The van der Waals surface area contributed by atoms with Gasteiger partial charge in [-0.2, -0.15) is 0 Å². The molecule has 1 aliphatic rings. The number of carbonyl (C=O) groups is 2. The molecule has 2 atom stereocenters. The monoisotopic (exact) mass is 296 g/mol. The predicted octanol–water partition coefficient (Wildman–Crippen LogP) is 2.23. The van der Waals surface area contributed by atoms with Crippen molar-refractivity contribution in [1.82, 2.24) is 10.6 Å². The van der Waals surface area contributed by atoms with Crippen molar-refractivity contribution in [3.8, 4) is 0 Å². The van der Waals surface area contributed by atoms with Crippen LogP contribution in [-0.4, -0.2) is 29.7 Å². The number of carbonyl (C=O) groups excluding carboxylic acids is 1. The fourth-order valence-corrected chi connectivity index (χ4v) is 3.28. The zero-order valence-electron chi connectivity index (χ0n) is 11.3.